The van der Waals surface area contributed by atoms with Crippen LogP contribution in [0.15, 0.2) is 53.4 Å². The minimum absolute atomic E-state index is 0.128. The number of anilines is 1. The molecule has 0 fully saturated rings. The number of para-hydroxylation sites is 1. The van der Waals surface area contributed by atoms with Gasteiger partial charge in [-0.25, -0.2) is 8.42 Å². The van der Waals surface area contributed by atoms with E-state index < -0.39 is 10.0 Å². The van der Waals surface area contributed by atoms with E-state index in [2.05, 4.69) is 4.72 Å². The zero-order valence-electron chi connectivity index (χ0n) is 10.5. The molecule has 5 heteroatoms. The molecule has 0 spiro atoms. The quantitative estimate of drug-likeness (QED) is 0.903. The van der Waals surface area contributed by atoms with Gasteiger partial charge in [-0.3, -0.25) is 4.72 Å². The standard InChI is InChI=1S/C14H15NO3S/c1-2-11-6-5-7-12(10-11)15-19(17,18)14-9-4-3-8-13(14)16/h3-10,15-16H,2H2,1H3. The molecule has 4 nitrogen and oxygen atoms in total. The van der Waals surface area contributed by atoms with E-state index in [0.29, 0.717) is 5.69 Å². The summed E-state index contributed by atoms with van der Waals surface area (Å²) in [5, 5.41) is 9.61. The van der Waals surface area contributed by atoms with E-state index >= 15 is 0 Å². The van der Waals surface area contributed by atoms with Crippen LogP contribution in [-0.2, 0) is 16.4 Å². The summed E-state index contributed by atoms with van der Waals surface area (Å²) in [5.41, 5.74) is 1.53. The molecule has 0 radical (unpaired) electrons. The molecule has 0 atom stereocenters. The number of aromatic hydroxyl groups is 1. The Bertz CT molecular complexity index is 681. The third kappa shape index (κ3) is 3.06. The lowest BCUT2D eigenvalue weighted by Crippen LogP contribution is -2.13. The van der Waals surface area contributed by atoms with Crippen molar-refractivity contribution >= 4 is 15.7 Å². The van der Waals surface area contributed by atoms with Gasteiger partial charge in [0.1, 0.15) is 10.6 Å². The highest BCUT2D eigenvalue weighted by molar-refractivity contribution is 7.92. The van der Waals surface area contributed by atoms with E-state index in [-0.39, 0.29) is 10.6 Å². The Balaban J connectivity index is 2.34. The van der Waals surface area contributed by atoms with Gasteiger partial charge in [0.05, 0.1) is 0 Å². The fourth-order valence-electron chi connectivity index (χ4n) is 1.75. The number of benzene rings is 2. The lowest BCUT2D eigenvalue weighted by molar-refractivity contribution is 0.459. The van der Waals surface area contributed by atoms with Crippen molar-refractivity contribution in [3.63, 3.8) is 0 Å². The number of rotatable bonds is 4. The second kappa shape index (κ2) is 5.32. The highest BCUT2D eigenvalue weighted by Crippen LogP contribution is 2.24. The molecule has 0 amide bonds. The van der Waals surface area contributed by atoms with Crippen LogP contribution in [0.5, 0.6) is 5.75 Å². The van der Waals surface area contributed by atoms with Crippen LogP contribution in [0, 0.1) is 0 Å². The van der Waals surface area contributed by atoms with Crippen molar-refractivity contribution < 1.29 is 13.5 Å². The fraction of sp³-hybridized carbons (Fsp3) is 0.143. The van der Waals surface area contributed by atoms with Crippen molar-refractivity contribution in [1.29, 1.82) is 0 Å². The van der Waals surface area contributed by atoms with E-state index in [1.54, 1.807) is 30.3 Å². The maximum Gasteiger partial charge on any atom is 0.265 e. The van der Waals surface area contributed by atoms with Gasteiger partial charge < -0.3 is 5.11 Å². The first-order valence-electron chi connectivity index (χ1n) is 5.92. The molecule has 0 aromatic heterocycles. The molecule has 0 bridgehead atoms. The molecule has 0 heterocycles. The largest absolute Gasteiger partial charge is 0.507 e. The predicted octanol–water partition coefficient (Wildman–Crippen LogP) is 2.76. The summed E-state index contributed by atoms with van der Waals surface area (Å²) in [6, 6.07) is 13.0. The monoisotopic (exact) mass is 277 g/mol. The first-order valence-corrected chi connectivity index (χ1v) is 7.41. The maximum absolute atomic E-state index is 12.2. The van der Waals surface area contributed by atoms with Gasteiger partial charge in [-0.2, -0.15) is 0 Å². The molecular weight excluding hydrogens is 262 g/mol. The van der Waals surface area contributed by atoms with E-state index in [9.17, 15) is 13.5 Å². The minimum Gasteiger partial charge on any atom is -0.507 e. The van der Waals surface area contributed by atoms with Crippen molar-refractivity contribution in [3.8, 4) is 5.75 Å². The van der Waals surface area contributed by atoms with Gasteiger partial charge >= 0.3 is 0 Å². The molecule has 0 saturated carbocycles. The van der Waals surface area contributed by atoms with E-state index in [0.717, 1.165) is 12.0 Å². The lowest BCUT2D eigenvalue weighted by atomic mass is 10.1. The van der Waals surface area contributed by atoms with E-state index in [1.807, 2.05) is 13.0 Å². The Kier molecular flexibility index (Phi) is 3.76. The molecule has 0 aliphatic rings. The van der Waals surface area contributed by atoms with Crippen molar-refractivity contribution in [3.05, 3.63) is 54.1 Å². The van der Waals surface area contributed by atoms with Crippen LogP contribution in [0.2, 0.25) is 0 Å². The van der Waals surface area contributed by atoms with Gasteiger partial charge in [0.2, 0.25) is 0 Å². The van der Waals surface area contributed by atoms with Crippen molar-refractivity contribution in [2.24, 2.45) is 0 Å². The first-order chi connectivity index (χ1) is 9.03. The third-order valence-electron chi connectivity index (χ3n) is 2.74. The van der Waals surface area contributed by atoms with Crippen LogP contribution in [0.3, 0.4) is 0 Å². The van der Waals surface area contributed by atoms with Crippen LogP contribution in [0.25, 0.3) is 0 Å². The topological polar surface area (TPSA) is 66.4 Å². The minimum atomic E-state index is -3.77. The van der Waals surface area contributed by atoms with Crippen LogP contribution in [-0.4, -0.2) is 13.5 Å². The smallest absolute Gasteiger partial charge is 0.265 e. The van der Waals surface area contributed by atoms with Gasteiger partial charge in [0.25, 0.3) is 10.0 Å². The number of aryl methyl sites for hydroxylation is 1. The molecule has 0 unspecified atom stereocenters. The Morgan fingerprint density at radius 2 is 1.84 bits per heavy atom. The van der Waals surface area contributed by atoms with Crippen LogP contribution < -0.4 is 4.72 Å². The molecule has 19 heavy (non-hydrogen) atoms. The van der Waals surface area contributed by atoms with Gasteiger partial charge in [-0.15, -0.1) is 0 Å². The Morgan fingerprint density at radius 3 is 2.53 bits per heavy atom. The van der Waals surface area contributed by atoms with Gasteiger partial charge in [0, 0.05) is 5.69 Å². The van der Waals surface area contributed by atoms with Gasteiger partial charge in [0.15, 0.2) is 0 Å². The van der Waals surface area contributed by atoms with Crippen LogP contribution >= 0.6 is 0 Å². The second-order valence-electron chi connectivity index (χ2n) is 4.13. The Morgan fingerprint density at radius 1 is 1.11 bits per heavy atom. The third-order valence-corrected chi connectivity index (χ3v) is 4.17. The van der Waals surface area contributed by atoms with Crippen molar-refractivity contribution in [2.45, 2.75) is 18.2 Å². The summed E-state index contributed by atoms with van der Waals surface area (Å²) < 4.78 is 26.8. The number of sulfonamides is 1. The number of phenols is 1. The van der Waals surface area contributed by atoms with Crippen molar-refractivity contribution in [1.82, 2.24) is 0 Å². The zero-order chi connectivity index (χ0) is 13.9. The molecule has 0 saturated heterocycles. The molecule has 2 N–H and O–H groups in total. The number of phenolic OH excluding ortho intramolecular Hbond substituents is 1. The summed E-state index contributed by atoms with van der Waals surface area (Å²) in [7, 11) is -3.77. The van der Waals surface area contributed by atoms with Gasteiger partial charge in [-0.1, -0.05) is 31.2 Å². The molecule has 0 aliphatic carbocycles. The first kappa shape index (κ1) is 13.4. The second-order valence-corrected chi connectivity index (χ2v) is 5.78. The average molecular weight is 277 g/mol. The normalized spacial score (nSPS) is 11.2. The number of hydrogen-bond donors (Lipinski definition) is 2. The summed E-state index contributed by atoms with van der Waals surface area (Å²) in [6.45, 7) is 2.00. The molecule has 2 rings (SSSR count). The average Bonchev–Trinajstić information content (AvgIpc) is 2.38. The predicted molar refractivity (Wildman–Crippen MR) is 74.7 cm³/mol. The highest BCUT2D eigenvalue weighted by atomic mass is 32.2. The van der Waals surface area contributed by atoms with Crippen molar-refractivity contribution in [2.75, 3.05) is 4.72 Å². The highest BCUT2D eigenvalue weighted by Gasteiger charge is 2.17. The fourth-order valence-corrected chi connectivity index (χ4v) is 2.90. The van der Waals surface area contributed by atoms with Crippen LogP contribution in [0.4, 0.5) is 5.69 Å². The zero-order valence-corrected chi connectivity index (χ0v) is 11.3. The van der Waals surface area contributed by atoms with E-state index in [4.69, 9.17) is 0 Å². The summed E-state index contributed by atoms with van der Waals surface area (Å²) in [6.07, 6.45) is 0.826. The van der Waals surface area contributed by atoms with E-state index in [1.165, 1.54) is 12.1 Å². The Hall–Kier alpha value is -2.01. The lowest BCUT2D eigenvalue weighted by Gasteiger charge is -2.10. The molecule has 100 valence electrons. The molecule has 2 aromatic carbocycles. The number of nitrogens with one attached hydrogen (secondary N) is 1. The van der Waals surface area contributed by atoms with Crippen LogP contribution in [0.1, 0.15) is 12.5 Å². The van der Waals surface area contributed by atoms with Gasteiger partial charge in [-0.05, 0) is 36.2 Å². The number of hydrogen-bond acceptors (Lipinski definition) is 3. The summed E-state index contributed by atoms with van der Waals surface area (Å²) in [5.74, 6) is -0.262. The summed E-state index contributed by atoms with van der Waals surface area (Å²) in [4.78, 5) is -0.128. The SMILES string of the molecule is CCc1cccc(NS(=O)(=O)c2ccccc2O)c1. The maximum atomic E-state index is 12.2. The Labute approximate surface area is 112 Å². The molecule has 2 aromatic rings. The molecule has 0 aliphatic heterocycles. The molecular formula is C14H15NO3S. The summed E-state index contributed by atoms with van der Waals surface area (Å²) >= 11 is 0.